The molecule has 0 atom stereocenters. The van der Waals surface area contributed by atoms with Gasteiger partial charge in [0.25, 0.3) is 5.91 Å². The van der Waals surface area contributed by atoms with E-state index >= 15 is 0 Å². The van der Waals surface area contributed by atoms with E-state index in [1.54, 1.807) is 49.6 Å². The van der Waals surface area contributed by atoms with Crippen molar-refractivity contribution in [3.8, 4) is 11.5 Å². The second-order valence-corrected chi connectivity index (χ2v) is 7.81. The molecular weight excluding hydrogens is 472 g/mol. The van der Waals surface area contributed by atoms with Crippen molar-refractivity contribution in [2.75, 3.05) is 7.11 Å². The monoisotopic (exact) mass is 482 g/mol. The Kier molecular flexibility index (Phi) is 5.51. The van der Waals surface area contributed by atoms with Crippen LogP contribution in [0.3, 0.4) is 0 Å². The number of aliphatic imine (C=N–C) groups is 1. The van der Waals surface area contributed by atoms with E-state index in [0.717, 1.165) is 10.2 Å². The molecule has 0 aromatic heterocycles. The summed E-state index contributed by atoms with van der Waals surface area (Å²) in [4.78, 5) is 17.0. The Morgan fingerprint density at radius 1 is 1.24 bits per heavy atom. The molecule has 1 fully saturated rings. The number of hydrogen-bond acceptors (Lipinski definition) is 5. The van der Waals surface area contributed by atoms with E-state index in [4.69, 9.17) is 4.74 Å². The molecule has 0 radical (unpaired) electrons. The van der Waals surface area contributed by atoms with Crippen LogP contribution < -0.4 is 10.1 Å². The van der Waals surface area contributed by atoms with E-state index in [1.165, 1.54) is 11.8 Å². The second kappa shape index (κ2) is 7.63. The number of amides is 1. The van der Waals surface area contributed by atoms with Crippen LogP contribution >= 0.6 is 43.6 Å². The summed E-state index contributed by atoms with van der Waals surface area (Å²) in [6.07, 6.45) is 1.63. The third kappa shape index (κ3) is 4.26. The lowest BCUT2D eigenvalue weighted by atomic mass is 10.2. The number of rotatable bonds is 3. The van der Waals surface area contributed by atoms with Crippen LogP contribution in [-0.2, 0) is 4.79 Å². The first-order valence-electron chi connectivity index (χ1n) is 7.08. The van der Waals surface area contributed by atoms with Crippen molar-refractivity contribution in [2.45, 2.75) is 0 Å². The zero-order valence-corrected chi connectivity index (χ0v) is 16.9. The van der Waals surface area contributed by atoms with Crippen molar-refractivity contribution in [3.05, 3.63) is 55.8 Å². The van der Waals surface area contributed by atoms with Gasteiger partial charge in [-0.05, 0) is 70.2 Å². The summed E-state index contributed by atoms with van der Waals surface area (Å²) in [5.41, 5.74) is 1.24. The number of hydrogen-bond donors (Lipinski definition) is 2. The van der Waals surface area contributed by atoms with Crippen molar-refractivity contribution in [2.24, 2.45) is 4.99 Å². The third-order valence-electron chi connectivity index (χ3n) is 3.30. The van der Waals surface area contributed by atoms with E-state index in [-0.39, 0.29) is 11.7 Å². The first-order chi connectivity index (χ1) is 12.0. The highest BCUT2D eigenvalue weighted by Crippen LogP contribution is 2.35. The SMILES string of the molecule is COc1ccc(N=C2NC(=O)/C(=C\c3cc(Br)cc(Br)c3O)S2)cc1. The van der Waals surface area contributed by atoms with Gasteiger partial charge in [0.1, 0.15) is 11.5 Å². The molecule has 1 saturated heterocycles. The summed E-state index contributed by atoms with van der Waals surface area (Å²) in [6.45, 7) is 0. The second-order valence-electron chi connectivity index (χ2n) is 5.01. The van der Waals surface area contributed by atoms with Gasteiger partial charge in [0, 0.05) is 10.0 Å². The Morgan fingerprint density at radius 3 is 2.64 bits per heavy atom. The first kappa shape index (κ1) is 18.0. The first-order valence-corrected chi connectivity index (χ1v) is 9.48. The van der Waals surface area contributed by atoms with E-state index in [9.17, 15) is 9.90 Å². The normalized spacial score (nSPS) is 17.2. The molecule has 1 heterocycles. The van der Waals surface area contributed by atoms with Crippen LogP contribution in [0, 0.1) is 0 Å². The fourth-order valence-electron chi connectivity index (χ4n) is 2.09. The van der Waals surface area contributed by atoms with E-state index < -0.39 is 0 Å². The summed E-state index contributed by atoms with van der Waals surface area (Å²) < 4.78 is 6.44. The third-order valence-corrected chi connectivity index (χ3v) is 5.27. The number of phenolic OH excluding ortho intramolecular Hbond substituents is 1. The van der Waals surface area contributed by atoms with Crippen LogP contribution in [0.1, 0.15) is 5.56 Å². The number of halogens is 2. The number of methoxy groups -OCH3 is 1. The van der Waals surface area contributed by atoms with Crippen LogP contribution in [0.15, 0.2) is 55.2 Å². The lowest BCUT2D eigenvalue weighted by Crippen LogP contribution is -2.19. The molecule has 0 spiro atoms. The van der Waals surface area contributed by atoms with Gasteiger partial charge in [-0.25, -0.2) is 4.99 Å². The predicted molar refractivity (Wildman–Crippen MR) is 107 cm³/mol. The van der Waals surface area contributed by atoms with Crippen molar-refractivity contribution in [1.29, 1.82) is 0 Å². The molecule has 2 aromatic carbocycles. The van der Waals surface area contributed by atoms with Gasteiger partial charge in [-0.15, -0.1) is 0 Å². The summed E-state index contributed by atoms with van der Waals surface area (Å²) in [5, 5.41) is 13.3. The number of thioether (sulfide) groups is 1. The van der Waals surface area contributed by atoms with Gasteiger partial charge >= 0.3 is 0 Å². The molecule has 1 aliphatic rings. The lowest BCUT2D eigenvalue weighted by molar-refractivity contribution is -0.115. The van der Waals surface area contributed by atoms with Crippen LogP contribution in [0.4, 0.5) is 5.69 Å². The average molecular weight is 484 g/mol. The van der Waals surface area contributed by atoms with Gasteiger partial charge < -0.3 is 15.2 Å². The number of benzene rings is 2. The van der Waals surface area contributed by atoms with E-state index in [2.05, 4.69) is 42.2 Å². The van der Waals surface area contributed by atoms with Gasteiger partial charge in [0.05, 0.1) is 22.2 Å². The van der Waals surface area contributed by atoms with Crippen molar-refractivity contribution >= 4 is 66.5 Å². The van der Waals surface area contributed by atoms with Crippen LogP contribution in [0.5, 0.6) is 11.5 Å². The van der Waals surface area contributed by atoms with Crippen molar-refractivity contribution in [3.63, 3.8) is 0 Å². The molecule has 2 N–H and O–H groups in total. The lowest BCUT2D eigenvalue weighted by Gasteiger charge is -2.03. The summed E-state index contributed by atoms with van der Waals surface area (Å²) in [6, 6.07) is 10.7. The molecule has 1 aliphatic heterocycles. The quantitative estimate of drug-likeness (QED) is 0.614. The van der Waals surface area contributed by atoms with E-state index in [1.807, 2.05) is 0 Å². The fourth-order valence-corrected chi connectivity index (χ4v) is 4.18. The average Bonchev–Trinajstić information content (AvgIpc) is 2.92. The smallest absolute Gasteiger partial charge is 0.264 e. The van der Waals surface area contributed by atoms with Crippen LogP contribution in [-0.4, -0.2) is 23.3 Å². The molecular formula is C17H12Br2N2O3S. The molecule has 0 unspecified atom stereocenters. The number of carbonyl (C=O) groups excluding carboxylic acids is 1. The van der Waals surface area contributed by atoms with Gasteiger partial charge in [-0.1, -0.05) is 15.9 Å². The molecule has 0 bridgehead atoms. The summed E-state index contributed by atoms with van der Waals surface area (Å²) in [5.74, 6) is 0.556. The molecule has 2 aromatic rings. The number of ether oxygens (including phenoxy) is 1. The van der Waals surface area contributed by atoms with Crippen LogP contribution in [0.25, 0.3) is 6.08 Å². The molecule has 0 saturated carbocycles. The Bertz CT molecular complexity index is 896. The largest absolute Gasteiger partial charge is 0.506 e. The Hall–Kier alpha value is -1.77. The molecule has 8 heteroatoms. The minimum Gasteiger partial charge on any atom is -0.506 e. The standard InChI is InChI=1S/C17H12Br2N2O3S/c1-24-12-4-2-11(3-5-12)20-17-21-16(23)14(25-17)7-9-6-10(18)8-13(19)15(9)22/h2-8,22H,1H3,(H,20,21,23)/b14-7+. The molecule has 1 amide bonds. The molecule has 5 nitrogen and oxygen atoms in total. The van der Waals surface area contributed by atoms with Crippen LogP contribution in [0.2, 0.25) is 0 Å². The van der Waals surface area contributed by atoms with Gasteiger partial charge in [0.15, 0.2) is 5.17 Å². The van der Waals surface area contributed by atoms with Gasteiger partial charge in [-0.2, -0.15) is 0 Å². The highest BCUT2D eigenvalue weighted by molar-refractivity contribution is 9.11. The molecule has 128 valence electrons. The number of amidine groups is 1. The zero-order valence-electron chi connectivity index (χ0n) is 12.9. The topological polar surface area (TPSA) is 70.9 Å². The number of phenols is 1. The Labute approximate surface area is 165 Å². The Balaban J connectivity index is 1.86. The van der Waals surface area contributed by atoms with Gasteiger partial charge in [-0.3, -0.25) is 4.79 Å². The summed E-state index contributed by atoms with van der Waals surface area (Å²) >= 11 is 7.86. The minimum atomic E-state index is -0.257. The predicted octanol–water partition coefficient (Wildman–Crippen LogP) is 4.82. The van der Waals surface area contributed by atoms with Crippen molar-refractivity contribution in [1.82, 2.24) is 5.32 Å². The van der Waals surface area contributed by atoms with Crippen molar-refractivity contribution < 1.29 is 14.6 Å². The minimum absolute atomic E-state index is 0.0737. The number of aromatic hydroxyl groups is 1. The summed E-state index contributed by atoms with van der Waals surface area (Å²) in [7, 11) is 1.60. The molecule has 3 rings (SSSR count). The molecule has 0 aliphatic carbocycles. The number of nitrogens with one attached hydrogen (secondary N) is 1. The zero-order chi connectivity index (χ0) is 18.0. The van der Waals surface area contributed by atoms with Gasteiger partial charge in [0.2, 0.25) is 0 Å². The molecule has 25 heavy (non-hydrogen) atoms. The fraction of sp³-hybridized carbons (Fsp3) is 0.0588. The number of nitrogens with zero attached hydrogens (tertiary/aromatic N) is 1. The maximum absolute atomic E-state index is 12.2. The van der Waals surface area contributed by atoms with E-state index in [0.29, 0.717) is 25.8 Å². The number of carbonyl (C=O) groups is 1. The maximum atomic E-state index is 12.2. The Morgan fingerprint density at radius 2 is 1.96 bits per heavy atom. The highest BCUT2D eigenvalue weighted by Gasteiger charge is 2.24. The maximum Gasteiger partial charge on any atom is 0.264 e. The highest BCUT2D eigenvalue weighted by atomic mass is 79.9.